The third-order valence-electron chi connectivity index (χ3n) is 4.92. The molecule has 3 aromatic rings. The number of carbonyl (C=O) groups is 1. The summed E-state index contributed by atoms with van der Waals surface area (Å²) in [4.78, 5) is 12.6. The summed E-state index contributed by atoms with van der Waals surface area (Å²) < 4.78 is 26.9. The number of rotatable bonds is 5. The molecule has 2 aromatic carbocycles. The Kier molecular flexibility index (Phi) is 5.10. The number of aromatic nitrogens is 3. The van der Waals surface area contributed by atoms with Crippen LogP contribution < -0.4 is 5.32 Å². The molecule has 0 radical (unpaired) electrons. The number of nitrogens with zero attached hydrogens (tertiary/aromatic N) is 3. The van der Waals surface area contributed by atoms with E-state index >= 15 is 0 Å². The first-order chi connectivity index (χ1) is 13.5. The van der Waals surface area contributed by atoms with Crippen molar-refractivity contribution in [2.45, 2.75) is 30.7 Å². The molecule has 8 nitrogen and oxygen atoms in total. The van der Waals surface area contributed by atoms with Crippen LogP contribution in [0.3, 0.4) is 0 Å². The molecule has 1 aromatic heterocycles. The Morgan fingerprint density at radius 3 is 2.57 bits per heavy atom. The normalized spacial score (nSPS) is 15.6. The van der Waals surface area contributed by atoms with Gasteiger partial charge in [-0.1, -0.05) is 23.8 Å². The lowest BCUT2D eigenvalue weighted by Gasteiger charge is -2.25. The molecule has 0 atom stereocenters. The highest BCUT2D eigenvalue weighted by atomic mass is 32.2. The number of H-pyrrole nitrogens is 1. The number of hydrogen-bond acceptors (Lipinski definition) is 5. The summed E-state index contributed by atoms with van der Waals surface area (Å²) in [5.41, 5.74) is 2.72. The molecule has 2 heterocycles. The minimum absolute atomic E-state index is 0.221. The number of carbonyl (C=O) groups excluding carboxylic acids is 1. The lowest BCUT2D eigenvalue weighted by Crippen LogP contribution is -2.35. The maximum Gasteiger partial charge on any atom is 0.251 e. The quantitative estimate of drug-likeness (QED) is 0.683. The molecule has 1 saturated heterocycles. The lowest BCUT2D eigenvalue weighted by molar-refractivity contribution is 0.0951. The van der Waals surface area contributed by atoms with Gasteiger partial charge in [0.1, 0.15) is 5.52 Å². The van der Waals surface area contributed by atoms with Crippen LogP contribution in [-0.2, 0) is 16.6 Å². The van der Waals surface area contributed by atoms with Crippen LogP contribution in [0.1, 0.15) is 35.2 Å². The van der Waals surface area contributed by atoms with Crippen molar-refractivity contribution in [1.29, 1.82) is 0 Å². The van der Waals surface area contributed by atoms with Gasteiger partial charge in [-0.2, -0.15) is 4.31 Å². The van der Waals surface area contributed by atoms with Gasteiger partial charge in [0.25, 0.3) is 5.91 Å². The maximum atomic E-state index is 12.7. The van der Waals surface area contributed by atoms with Crippen LogP contribution in [0.5, 0.6) is 0 Å². The van der Waals surface area contributed by atoms with Crippen LogP contribution in [0.2, 0.25) is 0 Å². The van der Waals surface area contributed by atoms with Crippen LogP contribution in [0.15, 0.2) is 47.4 Å². The van der Waals surface area contributed by atoms with E-state index in [1.54, 1.807) is 46.8 Å². The zero-order valence-corrected chi connectivity index (χ0v) is 16.1. The second-order valence-corrected chi connectivity index (χ2v) is 8.77. The standard InChI is InChI=1S/C19H21N5O3S/c25-19(15-6-9-17-18(12-15)22-23-21-17)20-13-14-4-7-16(8-5-14)28(26,27)24-10-2-1-3-11-24/h4-9,12H,1-3,10-11,13H2,(H,20,25)(H,21,22,23). The number of sulfonamides is 1. The molecule has 9 heteroatoms. The number of hydrogen-bond donors (Lipinski definition) is 2. The molecule has 28 heavy (non-hydrogen) atoms. The average molecular weight is 399 g/mol. The average Bonchev–Trinajstić information content (AvgIpc) is 3.21. The Morgan fingerprint density at radius 1 is 1.07 bits per heavy atom. The first kappa shape index (κ1) is 18.6. The Bertz CT molecular complexity index is 1090. The van der Waals surface area contributed by atoms with Gasteiger partial charge >= 0.3 is 0 Å². The largest absolute Gasteiger partial charge is 0.348 e. The molecule has 0 spiro atoms. The second-order valence-electron chi connectivity index (χ2n) is 6.84. The fraction of sp³-hybridized carbons (Fsp3) is 0.316. The Morgan fingerprint density at radius 2 is 1.82 bits per heavy atom. The maximum absolute atomic E-state index is 12.7. The van der Waals surface area contributed by atoms with Crippen molar-refractivity contribution in [3.63, 3.8) is 0 Å². The van der Waals surface area contributed by atoms with Gasteiger partial charge in [0.15, 0.2) is 0 Å². The first-order valence-electron chi connectivity index (χ1n) is 9.22. The summed E-state index contributed by atoms with van der Waals surface area (Å²) in [6, 6.07) is 11.8. The topological polar surface area (TPSA) is 108 Å². The van der Waals surface area contributed by atoms with Crippen LogP contribution in [-0.4, -0.2) is 47.1 Å². The van der Waals surface area contributed by atoms with E-state index in [1.807, 2.05) is 0 Å². The van der Waals surface area contributed by atoms with Gasteiger partial charge in [-0.25, -0.2) is 8.42 Å². The number of nitrogens with one attached hydrogen (secondary N) is 2. The summed E-state index contributed by atoms with van der Waals surface area (Å²) in [5.74, 6) is -0.221. The Labute approximate surface area is 163 Å². The fourth-order valence-electron chi connectivity index (χ4n) is 3.30. The summed E-state index contributed by atoms with van der Waals surface area (Å²) in [6.45, 7) is 1.47. The highest BCUT2D eigenvalue weighted by Crippen LogP contribution is 2.21. The number of amides is 1. The minimum atomic E-state index is -3.44. The van der Waals surface area contributed by atoms with Crippen LogP contribution in [0.4, 0.5) is 0 Å². The third kappa shape index (κ3) is 3.76. The molecule has 0 aliphatic carbocycles. The van der Waals surface area contributed by atoms with Gasteiger partial charge in [0, 0.05) is 25.2 Å². The highest BCUT2D eigenvalue weighted by molar-refractivity contribution is 7.89. The van der Waals surface area contributed by atoms with Crippen molar-refractivity contribution in [3.05, 3.63) is 53.6 Å². The molecule has 1 fully saturated rings. The molecule has 1 aliphatic rings. The second kappa shape index (κ2) is 7.69. The molecule has 0 bridgehead atoms. The van der Waals surface area contributed by atoms with Crippen LogP contribution >= 0.6 is 0 Å². The molecule has 146 valence electrons. The number of benzene rings is 2. The molecular weight excluding hydrogens is 378 g/mol. The molecular formula is C19H21N5O3S. The first-order valence-corrected chi connectivity index (χ1v) is 10.7. The Balaban J connectivity index is 1.40. The van der Waals surface area contributed by atoms with Crippen LogP contribution in [0.25, 0.3) is 11.0 Å². The smallest absolute Gasteiger partial charge is 0.251 e. The van der Waals surface area contributed by atoms with Crippen molar-refractivity contribution in [3.8, 4) is 0 Å². The molecule has 2 N–H and O–H groups in total. The van der Waals surface area contributed by atoms with E-state index in [0.29, 0.717) is 41.1 Å². The van der Waals surface area contributed by atoms with E-state index in [-0.39, 0.29) is 5.91 Å². The predicted molar refractivity (Wildman–Crippen MR) is 104 cm³/mol. The lowest BCUT2D eigenvalue weighted by atomic mass is 10.1. The van der Waals surface area contributed by atoms with E-state index < -0.39 is 10.0 Å². The van der Waals surface area contributed by atoms with Crippen molar-refractivity contribution < 1.29 is 13.2 Å². The minimum Gasteiger partial charge on any atom is -0.348 e. The number of fused-ring (bicyclic) bond motifs is 1. The van der Waals surface area contributed by atoms with Crippen molar-refractivity contribution >= 4 is 27.0 Å². The van der Waals surface area contributed by atoms with Crippen molar-refractivity contribution in [2.75, 3.05) is 13.1 Å². The zero-order chi connectivity index (χ0) is 19.6. The van der Waals surface area contributed by atoms with E-state index in [1.165, 1.54) is 0 Å². The van der Waals surface area contributed by atoms with Crippen molar-refractivity contribution in [2.24, 2.45) is 0 Å². The summed E-state index contributed by atoms with van der Waals surface area (Å²) in [5, 5.41) is 13.2. The number of piperidine rings is 1. The summed E-state index contributed by atoms with van der Waals surface area (Å²) in [7, 11) is -3.44. The van der Waals surface area contributed by atoms with Gasteiger partial charge in [-0.05, 0) is 48.7 Å². The van der Waals surface area contributed by atoms with Crippen LogP contribution in [0, 0.1) is 0 Å². The molecule has 4 rings (SSSR count). The molecule has 0 unspecified atom stereocenters. The Hall–Kier alpha value is -2.78. The predicted octanol–water partition coefficient (Wildman–Crippen LogP) is 2.06. The summed E-state index contributed by atoms with van der Waals surface area (Å²) in [6.07, 6.45) is 2.89. The van der Waals surface area contributed by atoms with Gasteiger partial charge in [-0.3, -0.25) is 9.89 Å². The van der Waals surface area contributed by atoms with Gasteiger partial charge in [-0.15, -0.1) is 5.10 Å². The summed E-state index contributed by atoms with van der Waals surface area (Å²) >= 11 is 0. The fourth-order valence-corrected chi connectivity index (χ4v) is 4.82. The highest BCUT2D eigenvalue weighted by Gasteiger charge is 2.25. The SMILES string of the molecule is O=C(NCc1ccc(S(=O)(=O)N2CCCCC2)cc1)c1ccc2nn[nH]c2c1. The van der Waals surface area contributed by atoms with Gasteiger partial charge in [0.05, 0.1) is 10.4 Å². The van der Waals surface area contributed by atoms with E-state index in [4.69, 9.17) is 0 Å². The molecule has 1 amide bonds. The van der Waals surface area contributed by atoms with Gasteiger partial charge < -0.3 is 5.32 Å². The zero-order valence-electron chi connectivity index (χ0n) is 15.3. The van der Waals surface area contributed by atoms with E-state index in [9.17, 15) is 13.2 Å². The number of aromatic amines is 1. The van der Waals surface area contributed by atoms with E-state index in [2.05, 4.69) is 20.7 Å². The van der Waals surface area contributed by atoms with E-state index in [0.717, 1.165) is 24.8 Å². The van der Waals surface area contributed by atoms with Gasteiger partial charge in [0.2, 0.25) is 10.0 Å². The monoisotopic (exact) mass is 399 g/mol. The third-order valence-corrected chi connectivity index (χ3v) is 6.83. The van der Waals surface area contributed by atoms with Crippen molar-refractivity contribution in [1.82, 2.24) is 25.0 Å². The molecule has 0 saturated carbocycles. The molecule has 1 aliphatic heterocycles.